The van der Waals surface area contributed by atoms with Crippen LogP contribution in [-0.4, -0.2) is 83.8 Å². The predicted molar refractivity (Wildman–Crippen MR) is 157 cm³/mol. The Balaban J connectivity index is 1.53. The maximum Gasteiger partial charge on any atom is 0.345 e. The average Bonchev–Trinajstić information content (AvgIpc) is 3.01. The summed E-state index contributed by atoms with van der Waals surface area (Å²) in [7, 11) is 0. The fraction of sp³-hybridized carbons (Fsp3) is 0.516. The number of fused-ring (bicyclic) bond motifs is 4. The van der Waals surface area contributed by atoms with Crippen molar-refractivity contribution in [3.63, 3.8) is 0 Å². The quantitative estimate of drug-likeness (QED) is 0.421. The van der Waals surface area contributed by atoms with Crippen LogP contribution >= 0.6 is 0 Å². The lowest BCUT2D eigenvalue weighted by molar-refractivity contribution is -0.195. The van der Waals surface area contributed by atoms with Crippen LogP contribution in [0.2, 0.25) is 0 Å². The van der Waals surface area contributed by atoms with Crippen LogP contribution < -0.4 is 16.1 Å². The highest BCUT2D eigenvalue weighted by molar-refractivity contribution is 5.92. The number of cyclic esters (lactones) is 1. The summed E-state index contributed by atoms with van der Waals surface area (Å²) in [6, 6.07) is 7.54. The number of carbonyl (C=O) groups excluding carboxylic acids is 4. The van der Waals surface area contributed by atoms with Gasteiger partial charge in [-0.1, -0.05) is 38.1 Å². The zero-order valence-corrected chi connectivity index (χ0v) is 24.9. The minimum absolute atomic E-state index is 0.0847. The van der Waals surface area contributed by atoms with Crippen LogP contribution in [0.5, 0.6) is 0 Å². The van der Waals surface area contributed by atoms with E-state index in [9.17, 15) is 19.2 Å². The molecule has 3 amide bonds. The van der Waals surface area contributed by atoms with Gasteiger partial charge in [0.25, 0.3) is 11.8 Å². The number of hydrogen-bond donors (Lipinski definition) is 3. The molecule has 5 rings (SSSR count). The summed E-state index contributed by atoms with van der Waals surface area (Å²) in [6.07, 6.45) is 3.29. The number of ether oxygens (including phenoxy) is 3. The van der Waals surface area contributed by atoms with Crippen molar-refractivity contribution in [2.75, 3.05) is 26.4 Å². The zero-order chi connectivity index (χ0) is 30.7. The lowest BCUT2D eigenvalue weighted by atomic mass is 10.0. The minimum Gasteiger partial charge on any atom is -0.450 e. The van der Waals surface area contributed by atoms with Gasteiger partial charge in [0.2, 0.25) is 11.5 Å². The van der Waals surface area contributed by atoms with Gasteiger partial charge in [0, 0.05) is 11.9 Å². The predicted octanol–water partition coefficient (Wildman–Crippen LogP) is 1.79. The van der Waals surface area contributed by atoms with Gasteiger partial charge in [-0.2, -0.15) is 0 Å². The van der Waals surface area contributed by atoms with Gasteiger partial charge in [0.15, 0.2) is 6.10 Å². The van der Waals surface area contributed by atoms with Gasteiger partial charge in [0.1, 0.15) is 12.1 Å². The van der Waals surface area contributed by atoms with Crippen molar-refractivity contribution in [1.29, 1.82) is 0 Å². The standard InChI is InChI=1S/C31H39N5O7/c1-18(2)26-28(38)33-20(4)29(39)36-13-5-6-24(35-36)27(37)32-19(3)23-10-9-22-8-7-21(16-25(22)34-23)11-12-31(30(40)43-26)17-41-14-15-42-31/h7-12,16,18-20,24,26,35H,5-6,13-15,17H2,1-4H3,(H,32,37)(H,33,38)/b12-11+/t19-,20+,24+,26?,31?/m1/s1. The Bertz CT molecular complexity index is 1420. The molecule has 0 aliphatic carbocycles. The topological polar surface area (TPSA) is 148 Å². The number of rotatable bonds is 1. The molecule has 2 saturated heterocycles. The van der Waals surface area contributed by atoms with Crippen molar-refractivity contribution in [3.8, 4) is 0 Å². The zero-order valence-electron chi connectivity index (χ0n) is 24.9. The number of esters is 1. The van der Waals surface area contributed by atoms with E-state index < -0.39 is 53.5 Å². The van der Waals surface area contributed by atoms with Gasteiger partial charge in [-0.3, -0.25) is 24.4 Å². The average molecular weight is 594 g/mol. The molecule has 3 N–H and O–H groups in total. The first-order valence-electron chi connectivity index (χ1n) is 14.8. The molecule has 2 aromatic rings. The maximum absolute atomic E-state index is 13.6. The molecule has 0 saturated carbocycles. The largest absolute Gasteiger partial charge is 0.450 e. The molecule has 0 radical (unpaired) electrons. The normalized spacial score (nSPS) is 30.2. The van der Waals surface area contributed by atoms with Crippen molar-refractivity contribution in [2.45, 2.75) is 70.4 Å². The molecular weight excluding hydrogens is 554 g/mol. The first-order valence-corrected chi connectivity index (χ1v) is 14.8. The molecule has 5 bridgehead atoms. The summed E-state index contributed by atoms with van der Waals surface area (Å²) in [6.45, 7) is 7.69. The van der Waals surface area contributed by atoms with Crippen LogP contribution in [0.15, 0.2) is 36.4 Å². The summed E-state index contributed by atoms with van der Waals surface area (Å²) < 4.78 is 17.3. The Hall–Kier alpha value is -3.87. The lowest BCUT2D eigenvalue weighted by Crippen LogP contribution is -2.61. The lowest BCUT2D eigenvalue weighted by Gasteiger charge is -2.36. The molecule has 43 heavy (non-hydrogen) atoms. The number of hydrogen-bond acceptors (Lipinski definition) is 9. The Labute approximate surface area is 250 Å². The van der Waals surface area contributed by atoms with Gasteiger partial charge in [-0.05, 0) is 56.4 Å². The molecule has 12 heteroatoms. The SMILES string of the molecule is CC(C)C1OC(=O)C2(/C=C/c3ccc4ccc(nc4c3)[C@@H](C)NC(=O)[C@@H]3CCCN(N3)C(=O)[C@H](C)NC1=O)COCCO2. The number of nitrogens with one attached hydrogen (secondary N) is 3. The molecule has 1 aromatic carbocycles. The minimum atomic E-state index is -1.57. The number of pyridine rings is 1. The summed E-state index contributed by atoms with van der Waals surface area (Å²) >= 11 is 0. The van der Waals surface area contributed by atoms with Gasteiger partial charge in [-0.25, -0.2) is 10.2 Å². The highest BCUT2D eigenvalue weighted by atomic mass is 16.6. The van der Waals surface area contributed by atoms with E-state index in [4.69, 9.17) is 19.2 Å². The van der Waals surface area contributed by atoms with E-state index >= 15 is 0 Å². The van der Waals surface area contributed by atoms with E-state index in [2.05, 4.69) is 16.1 Å². The third-order valence-corrected chi connectivity index (χ3v) is 7.93. The Morgan fingerprint density at radius 2 is 1.77 bits per heavy atom. The smallest absolute Gasteiger partial charge is 0.345 e. The number of nitrogens with zero attached hydrogens (tertiary/aromatic N) is 2. The number of amides is 3. The van der Waals surface area contributed by atoms with Crippen molar-refractivity contribution >= 4 is 40.7 Å². The molecule has 230 valence electrons. The third-order valence-electron chi connectivity index (χ3n) is 7.93. The van der Waals surface area contributed by atoms with Crippen molar-refractivity contribution in [3.05, 3.63) is 47.7 Å². The molecule has 1 aromatic heterocycles. The van der Waals surface area contributed by atoms with Crippen LogP contribution in [-0.2, 0) is 33.4 Å². The number of hydrazine groups is 1. The first kappa shape index (κ1) is 30.6. The van der Waals surface area contributed by atoms with E-state index in [1.165, 1.54) is 5.01 Å². The van der Waals surface area contributed by atoms with Crippen LogP contribution in [0.25, 0.3) is 17.0 Å². The molecule has 12 nitrogen and oxygen atoms in total. The molecule has 3 aliphatic rings. The molecular formula is C31H39N5O7. The van der Waals surface area contributed by atoms with Crippen LogP contribution in [0.3, 0.4) is 0 Å². The molecule has 4 heterocycles. The summed E-state index contributed by atoms with van der Waals surface area (Å²) in [5.41, 5.74) is 3.60. The van der Waals surface area contributed by atoms with Crippen LogP contribution in [0.1, 0.15) is 57.8 Å². The molecule has 2 fully saturated rings. The molecule has 5 atom stereocenters. The third kappa shape index (κ3) is 6.71. The highest BCUT2D eigenvalue weighted by Gasteiger charge is 2.44. The van der Waals surface area contributed by atoms with Gasteiger partial charge in [-0.15, -0.1) is 0 Å². The van der Waals surface area contributed by atoms with E-state index in [0.29, 0.717) is 37.2 Å². The Kier molecular flexibility index (Phi) is 9.09. The Morgan fingerprint density at radius 1 is 1.00 bits per heavy atom. The number of carbonyl (C=O) groups is 4. The van der Waals surface area contributed by atoms with Crippen molar-refractivity contribution in [2.24, 2.45) is 5.92 Å². The number of benzene rings is 1. The highest BCUT2D eigenvalue weighted by Crippen LogP contribution is 2.25. The van der Waals surface area contributed by atoms with Gasteiger partial charge in [0.05, 0.1) is 37.1 Å². The monoisotopic (exact) mass is 593 g/mol. The molecule has 1 spiro atoms. The molecule has 2 unspecified atom stereocenters. The van der Waals surface area contributed by atoms with Crippen molar-refractivity contribution < 1.29 is 33.4 Å². The summed E-state index contributed by atoms with van der Waals surface area (Å²) in [5.74, 6) is -2.43. The maximum atomic E-state index is 13.6. The summed E-state index contributed by atoms with van der Waals surface area (Å²) in [4.78, 5) is 58.3. The van der Waals surface area contributed by atoms with E-state index in [1.807, 2.05) is 37.3 Å². The fourth-order valence-electron chi connectivity index (χ4n) is 5.38. The number of aromatic nitrogens is 1. The first-order chi connectivity index (χ1) is 20.6. The van der Waals surface area contributed by atoms with Crippen LogP contribution in [0.4, 0.5) is 0 Å². The second-order valence-electron chi connectivity index (χ2n) is 11.7. The van der Waals surface area contributed by atoms with Crippen molar-refractivity contribution in [1.82, 2.24) is 26.1 Å². The van der Waals surface area contributed by atoms with E-state index in [1.54, 1.807) is 32.9 Å². The fourth-order valence-corrected chi connectivity index (χ4v) is 5.38. The summed E-state index contributed by atoms with van der Waals surface area (Å²) in [5, 5.41) is 7.97. The van der Waals surface area contributed by atoms with E-state index in [0.717, 1.165) is 10.9 Å². The van der Waals surface area contributed by atoms with Gasteiger partial charge < -0.3 is 24.8 Å². The van der Waals surface area contributed by atoms with Gasteiger partial charge >= 0.3 is 5.97 Å². The Morgan fingerprint density at radius 3 is 2.51 bits per heavy atom. The second-order valence-corrected chi connectivity index (χ2v) is 11.7. The molecule has 3 aliphatic heterocycles. The van der Waals surface area contributed by atoms with E-state index in [-0.39, 0.29) is 19.1 Å². The second kappa shape index (κ2) is 12.8. The van der Waals surface area contributed by atoms with Crippen LogP contribution in [0, 0.1) is 5.92 Å².